The van der Waals surface area contributed by atoms with E-state index in [0.29, 0.717) is 15.9 Å². The summed E-state index contributed by atoms with van der Waals surface area (Å²) >= 11 is 6.14. The molecule has 2 amide bonds. The summed E-state index contributed by atoms with van der Waals surface area (Å²) < 4.78 is 66.4. The number of likely N-dealkylation sites (N-methyl/N-ethyl adjacent to an activating group) is 1. The summed E-state index contributed by atoms with van der Waals surface area (Å²) in [6.07, 6.45) is -3.89. The zero-order valence-electron chi connectivity index (χ0n) is 21.9. The molecule has 0 radical (unpaired) electrons. The molecule has 40 heavy (non-hydrogen) atoms. The van der Waals surface area contributed by atoms with E-state index >= 15 is 0 Å². The molecule has 0 spiro atoms. The Kier molecular flexibility index (Phi) is 10.2. The Labute approximate surface area is 236 Å². The Bertz CT molecular complexity index is 1420. The van der Waals surface area contributed by atoms with E-state index in [4.69, 9.17) is 11.6 Å². The van der Waals surface area contributed by atoms with Gasteiger partial charge in [-0.25, -0.2) is 8.42 Å². The molecule has 12 heteroatoms. The molecule has 214 valence electrons. The molecule has 1 atom stereocenters. The molecule has 0 aliphatic heterocycles. The fraction of sp³-hybridized carbons (Fsp3) is 0.286. The highest BCUT2D eigenvalue weighted by Gasteiger charge is 2.35. The Morgan fingerprint density at radius 1 is 0.950 bits per heavy atom. The Hall–Kier alpha value is -3.57. The molecule has 1 unspecified atom stereocenters. The van der Waals surface area contributed by atoms with Crippen LogP contribution in [0.15, 0.2) is 78.9 Å². The second-order valence-corrected chi connectivity index (χ2v) is 11.4. The molecule has 0 aliphatic carbocycles. The lowest BCUT2D eigenvalue weighted by molar-refractivity contribution is -0.140. The fourth-order valence-electron chi connectivity index (χ4n) is 4.10. The first kappa shape index (κ1) is 31.0. The van der Waals surface area contributed by atoms with Crippen LogP contribution >= 0.6 is 11.6 Å². The number of nitrogens with one attached hydrogen (secondary N) is 1. The lowest BCUT2D eigenvalue weighted by Crippen LogP contribution is -2.53. The molecule has 0 fully saturated rings. The molecule has 0 aliphatic rings. The van der Waals surface area contributed by atoms with Crippen molar-refractivity contribution >= 4 is 39.1 Å². The molecule has 0 saturated carbocycles. The first-order valence-electron chi connectivity index (χ1n) is 12.3. The zero-order chi connectivity index (χ0) is 29.5. The SMILES string of the molecule is CCNC(=O)C(Cc1ccccc1)N(Cc1ccccc1)C(=O)CN(c1cc(C(F)(F)F)ccc1Cl)S(C)(=O)=O. The molecular weight excluding hydrogens is 567 g/mol. The summed E-state index contributed by atoms with van der Waals surface area (Å²) in [5, 5.41) is 2.44. The van der Waals surface area contributed by atoms with E-state index in [2.05, 4.69) is 5.32 Å². The van der Waals surface area contributed by atoms with Crippen molar-refractivity contribution in [1.82, 2.24) is 10.2 Å². The summed E-state index contributed by atoms with van der Waals surface area (Å²) in [4.78, 5) is 28.4. The normalized spacial score (nSPS) is 12.4. The van der Waals surface area contributed by atoms with Crippen LogP contribution in [-0.4, -0.2) is 50.5 Å². The third-order valence-electron chi connectivity index (χ3n) is 6.04. The highest BCUT2D eigenvalue weighted by molar-refractivity contribution is 7.92. The number of nitrogens with zero attached hydrogens (tertiary/aromatic N) is 2. The van der Waals surface area contributed by atoms with Crippen molar-refractivity contribution < 1.29 is 31.2 Å². The lowest BCUT2D eigenvalue weighted by atomic mass is 10.0. The molecule has 3 rings (SSSR count). The highest BCUT2D eigenvalue weighted by atomic mass is 35.5. The molecule has 3 aromatic carbocycles. The number of carbonyl (C=O) groups is 2. The zero-order valence-corrected chi connectivity index (χ0v) is 23.4. The van der Waals surface area contributed by atoms with Crippen LogP contribution in [0.4, 0.5) is 18.9 Å². The minimum Gasteiger partial charge on any atom is -0.355 e. The van der Waals surface area contributed by atoms with Gasteiger partial charge in [0.05, 0.1) is 22.5 Å². The van der Waals surface area contributed by atoms with Gasteiger partial charge in [0, 0.05) is 19.5 Å². The smallest absolute Gasteiger partial charge is 0.355 e. The van der Waals surface area contributed by atoms with Gasteiger partial charge in [0.25, 0.3) is 0 Å². The van der Waals surface area contributed by atoms with E-state index in [9.17, 15) is 31.2 Å². The van der Waals surface area contributed by atoms with Crippen molar-refractivity contribution in [2.45, 2.75) is 32.1 Å². The molecule has 0 saturated heterocycles. The maximum absolute atomic E-state index is 13.9. The van der Waals surface area contributed by atoms with E-state index < -0.39 is 51.9 Å². The van der Waals surface area contributed by atoms with Crippen LogP contribution in [-0.2, 0) is 38.8 Å². The lowest BCUT2D eigenvalue weighted by Gasteiger charge is -2.33. The summed E-state index contributed by atoms with van der Waals surface area (Å²) in [5.74, 6) is -1.26. The number of amides is 2. The van der Waals surface area contributed by atoms with Gasteiger partial charge in [-0.2, -0.15) is 13.2 Å². The first-order valence-corrected chi connectivity index (χ1v) is 14.5. The van der Waals surface area contributed by atoms with Crippen molar-refractivity contribution in [3.63, 3.8) is 0 Å². The fourth-order valence-corrected chi connectivity index (χ4v) is 5.22. The second-order valence-electron chi connectivity index (χ2n) is 9.04. The molecule has 0 heterocycles. The average Bonchev–Trinajstić information content (AvgIpc) is 2.89. The maximum atomic E-state index is 13.9. The molecule has 0 bridgehead atoms. The number of rotatable bonds is 11. The molecule has 3 aromatic rings. The predicted molar refractivity (Wildman–Crippen MR) is 148 cm³/mol. The number of carbonyl (C=O) groups excluding carboxylic acids is 2. The van der Waals surface area contributed by atoms with Crippen LogP contribution in [0.5, 0.6) is 0 Å². The number of anilines is 1. The summed E-state index contributed by atoms with van der Waals surface area (Å²) in [6.45, 7) is 1.08. The topological polar surface area (TPSA) is 86.8 Å². The van der Waals surface area contributed by atoms with Crippen LogP contribution in [0.1, 0.15) is 23.6 Å². The van der Waals surface area contributed by atoms with E-state index in [1.54, 1.807) is 67.6 Å². The van der Waals surface area contributed by atoms with E-state index in [1.165, 1.54) is 4.90 Å². The van der Waals surface area contributed by atoms with E-state index in [-0.39, 0.29) is 24.5 Å². The minimum absolute atomic E-state index is 0.0533. The van der Waals surface area contributed by atoms with Crippen LogP contribution in [0.3, 0.4) is 0 Å². The van der Waals surface area contributed by atoms with Gasteiger partial charge in [-0.1, -0.05) is 72.3 Å². The number of hydrogen-bond acceptors (Lipinski definition) is 4. The van der Waals surface area contributed by atoms with Crippen molar-refractivity contribution in [2.24, 2.45) is 0 Å². The van der Waals surface area contributed by atoms with Crippen molar-refractivity contribution in [3.05, 3.63) is 101 Å². The van der Waals surface area contributed by atoms with Gasteiger partial charge in [0.15, 0.2) is 0 Å². The van der Waals surface area contributed by atoms with Gasteiger partial charge in [0.2, 0.25) is 21.8 Å². The van der Waals surface area contributed by atoms with Crippen LogP contribution in [0.25, 0.3) is 0 Å². The monoisotopic (exact) mass is 595 g/mol. The number of sulfonamides is 1. The van der Waals surface area contributed by atoms with Crippen LogP contribution < -0.4 is 9.62 Å². The third kappa shape index (κ3) is 8.22. The van der Waals surface area contributed by atoms with Crippen molar-refractivity contribution in [1.29, 1.82) is 0 Å². The van der Waals surface area contributed by atoms with Crippen molar-refractivity contribution in [3.8, 4) is 0 Å². The molecule has 0 aromatic heterocycles. The average molecular weight is 596 g/mol. The van der Waals surface area contributed by atoms with Gasteiger partial charge < -0.3 is 10.2 Å². The number of benzene rings is 3. The first-order chi connectivity index (χ1) is 18.8. The van der Waals surface area contributed by atoms with Gasteiger partial charge in [-0.05, 0) is 36.2 Å². The van der Waals surface area contributed by atoms with E-state index in [1.807, 2.05) is 0 Å². The number of alkyl halides is 3. The van der Waals surface area contributed by atoms with Crippen molar-refractivity contribution in [2.75, 3.05) is 23.7 Å². The quantitative estimate of drug-likeness (QED) is 0.342. The molecule has 1 N–H and O–H groups in total. The van der Waals surface area contributed by atoms with Gasteiger partial charge in [0.1, 0.15) is 12.6 Å². The van der Waals surface area contributed by atoms with E-state index in [0.717, 1.165) is 24.0 Å². The largest absolute Gasteiger partial charge is 0.416 e. The molecular formula is C28H29ClF3N3O4S. The number of halogens is 4. The third-order valence-corrected chi connectivity index (χ3v) is 7.49. The number of hydrogen-bond donors (Lipinski definition) is 1. The summed E-state index contributed by atoms with van der Waals surface area (Å²) in [7, 11) is -4.29. The predicted octanol–water partition coefficient (Wildman–Crippen LogP) is 4.90. The minimum atomic E-state index is -4.77. The molecule has 7 nitrogen and oxygen atoms in total. The van der Waals surface area contributed by atoms with Crippen LogP contribution in [0, 0.1) is 0 Å². The van der Waals surface area contributed by atoms with Gasteiger partial charge in [-0.3, -0.25) is 13.9 Å². The summed E-state index contributed by atoms with van der Waals surface area (Å²) in [5.41, 5.74) is -0.199. The Balaban J connectivity index is 2.08. The van der Waals surface area contributed by atoms with Gasteiger partial charge >= 0.3 is 6.18 Å². The highest BCUT2D eigenvalue weighted by Crippen LogP contribution is 2.36. The Morgan fingerprint density at radius 2 is 1.52 bits per heavy atom. The maximum Gasteiger partial charge on any atom is 0.416 e. The Morgan fingerprint density at radius 3 is 2.05 bits per heavy atom. The van der Waals surface area contributed by atoms with Crippen LogP contribution in [0.2, 0.25) is 5.02 Å². The summed E-state index contributed by atoms with van der Waals surface area (Å²) in [6, 6.07) is 18.9. The van der Waals surface area contributed by atoms with Gasteiger partial charge in [-0.15, -0.1) is 0 Å². The second kappa shape index (κ2) is 13.2. The standard InChI is InChI=1S/C28H29ClF3N3O4S/c1-3-33-27(37)25(16-20-10-6-4-7-11-20)34(18-21-12-8-5-9-13-21)26(36)19-35(40(2,38)39)24-17-22(28(30,31)32)14-15-23(24)29/h4-15,17,25H,3,16,18-19H2,1-2H3,(H,33,37).